The van der Waals surface area contributed by atoms with Crippen LogP contribution in [0.1, 0.15) is 22.7 Å². The number of benzene rings is 2. The smallest absolute Gasteiger partial charge is 0.207 e. The first-order valence-corrected chi connectivity index (χ1v) is 10.1. The zero-order chi connectivity index (χ0) is 17.7. The molecule has 126 valence electrons. The molecule has 5 heteroatoms. The van der Waals surface area contributed by atoms with Crippen molar-refractivity contribution in [2.24, 2.45) is 0 Å². The average molecular weight is 367 g/mol. The fourth-order valence-corrected chi connectivity index (χ4v) is 4.06. The Balaban J connectivity index is 1.91. The first kappa shape index (κ1) is 17.4. The standard InChI is InChI=1S/C20H17NO2S2/c1-16-7-10-19(11-8-16)25(22,23)21-20(18-13-14-24-15-18)12-9-17-5-3-2-4-6-17/h2-8,10-11,13-15,20-21H,1H3/t20-/m1/s1. The molecule has 3 rings (SSSR count). The average Bonchev–Trinajstić information content (AvgIpc) is 3.14. The van der Waals surface area contributed by atoms with E-state index in [0.717, 1.165) is 16.7 Å². The van der Waals surface area contributed by atoms with Crippen LogP contribution in [0.2, 0.25) is 0 Å². The number of rotatable bonds is 4. The van der Waals surface area contributed by atoms with Crippen LogP contribution in [0.25, 0.3) is 0 Å². The van der Waals surface area contributed by atoms with E-state index >= 15 is 0 Å². The molecule has 0 unspecified atom stereocenters. The van der Waals surface area contributed by atoms with Crippen LogP contribution in [0, 0.1) is 18.8 Å². The predicted molar refractivity (Wildman–Crippen MR) is 102 cm³/mol. The molecule has 0 bridgehead atoms. The first-order chi connectivity index (χ1) is 12.0. The minimum absolute atomic E-state index is 0.236. The van der Waals surface area contributed by atoms with E-state index in [1.54, 1.807) is 24.3 Å². The molecule has 1 heterocycles. The van der Waals surface area contributed by atoms with Crippen molar-refractivity contribution in [2.45, 2.75) is 17.9 Å². The molecule has 2 aromatic carbocycles. The van der Waals surface area contributed by atoms with Crippen molar-refractivity contribution in [3.05, 3.63) is 88.1 Å². The van der Waals surface area contributed by atoms with E-state index in [9.17, 15) is 8.42 Å². The number of hydrogen-bond acceptors (Lipinski definition) is 3. The van der Waals surface area contributed by atoms with Gasteiger partial charge < -0.3 is 0 Å². The Kier molecular flexibility index (Phi) is 5.34. The Morgan fingerprint density at radius 3 is 2.36 bits per heavy atom. The van der Waals surface area contributed by atoms with E-state index in [1.165, 1.54) is 11.3 Å². The van der Waals surface area contributed by atoms with Gasteiger partial charge in [-0.1, -0.05) is 47.7 Å². The summed E-state index contributed by atoms with van der Waals surface area (Å²) in [6, 6.07) is 17.6. The van der Waals surface area contributed by atoms with Crippen molar-refractivity contribution in [3.63, 3.8) is 0 Å². The quantitative estimate of drug-likeness (QED) is 0.705. The van der Waals surface area contributed by atoms with Gasteiger partial charge >= 0.3 is 0 Å². The van der Waals surface area contributed by atoms with Crippen LogP contribution in [0.5, 0.6) is 0 Å². The van der Waals surface area contributed by atoms with E-state index < -0.39 is 16.1 Å². The topological polar surface area (TPSA) is 46.2 Å². The maximum Gasteiger partial charge on any atom is 0.241 e. The fraction of sp³-hybridized carbons (Fsp3) is 0.100. The van der Waals surface area contributed by atoms with E-state index in [2.05, 4.69) is 16.6 Å². The van der Waals surface area contributed by atoms with Gasteiger partial charge in [0.2, 0.25) is 10.0 Å². The predicted octanol–water partition coefficient (Wildman–Crippen LogP) is 4.13. The van der Waals surface area contributed by atoms with Crippen LogP contribution in [0.3, 0.4) is 0 Å². The molecule has 0 fully saturated rings. The molecule has 3 aromatic rings. The molecule has 0 saturated carbocycles. The number of hydrogen-bond donors (Lipinski definition) is 1. The molecular formula is C20H17NO2S2. The Bertz CT molecular complexity index is 981. The first-order valence-electron chi connectivity index (χ1n) is 7.72. The van der Waals surface area contributed by atoms with Crippen molar-refractivity contribution in [1.82, 2.24) is 4.72 Å². The SMILES string of the molecule is Cc1ccc(S(=O)(=O)N[C@H](C#Cc2ccccc2)c2ccsc2)cc1. The van der Waals surface area contributed by atoms with Gasteiger partial charge in [-0.05, 0) is 53.6 Å². The number of sulfonamides is 1. The monoisotopic (exact) mass is 367 g/mol. The fourth-order valence-electron chi connectivity index (χ4n) is 2.24. The van der Waals surface area contributed by atoms with Gasteiger partial charge in [0, 0.05) is 5.56 Å². The maximum absolute atomic E-state index is 12.7. The van der Waals surface area contributed by atoms with Crippen molar-refractivity contribution in [3.8, 4) is 11.8 Å². The Morgan fingerprint density at radius 2 is 1.72 bits per heavy atom. The lowest BCUT2D eigenvalue weighted by atomic mass is 10.1. The lowest BCUT2D eigenvalue weighted by Crippen LogP contribution is -2.27. The van der Waals surface area contributed by atoms with Gasteiger partial charge in [0.05, 0.1) is 4.90 Å². The van der Waals surface area contributed by atoms with Crippen LogP contribution < -0.4 is 4.72 Å². The van der Waals surface area contributed by atoms with E-state index in [-0.39, 0.29) is 4.90 Å². The molecule has 0 aliphatic heterocycles. The van der Waals surface area contributed by atoms with Crippen LogP contribution in [-0.4, -0.2) is 8.42 Å². The normalized spacial score (nSPS) is 12.2. The van der Waals surface area contributed by atoms with E-state index in [0.29, 0.717) is 0 Å². The molecule has 1 N–H and O–H groups in total. The summed E-state index contributed by atoms with van der Waals surface area (Å²) in [5.41, 5.74) is 2.69. The molecule has 0 amide bonds. The molecule has 25 heavy (non-hydrogen) atoms. The molecule has 0 aliphatic rings. The van der Waals surface area contributed by atoms with Crippen molar-refractivity contribution < 1.29 is 8.42 Å². The Labute approximate surface area is 152 Å². The summed E-state index contributed by atoms with van der Waals surface area (Å²) in [7, 11) is -3.65. The van der Waals surface area contributed by atoms with Gasteiger partial charge in [0.1, 0.15) is 6.04 Å². The second-order valence-corrected chi connectivity index (χ2v) is 8.05. The van der Waals surface area contributed by atoms with Gasteiger partial charge in [0.25, 0.3) is 0 Å². The third-order valence-corrected chi connectivity index (χ3v) is 5.76. The third kappa shape index (κ3) is 4.58. The van der Waals surface area contributed by atoms with Crippen molar-refractivity contribution >= 4 is 21.4 Å². The highest BCUT2D eigenvalue weighted by Crippen LogP contribution is 2.20. The van der Waals surface area contributed by atoms with Crippen LogP contribution in [0.15, 0.2) is 76.3 Å². The van der Waals surface area contributed by atoms with Gasteiger partial charge in [-0.2, -0.15) is 16.1 Å². The highest BCUT2D eigenvalue weighted by Gasteiger charge is 2.20. The van der Waals surface area contributed by atoms with Crippen LogP contribution in [-0.2, 0) is 10.0 Å². The van der Waals surface area contributed by atoms with Crippen LogP contribution in [0.4, 0.5) is 0 Å². The molecular weight excluding hydrogens is 350 g/mol. The zero-order valence-corrected chi connectivity index (χ0v) is 15.3. The summed E-state index contributed by atoms with van der Waals surface area (Å²) in [6.45, 7) is 1.92. The lowest BCUT2D eigenvalue weighted by Gasteiger charge is -2.13. The minimum atomic E-state index is -3.65. The Hall–Kier alpha value is -2.39. The number of aryl methyl sites for hydroxylation is 1. The summed E-state index contributed by atoms with van der Waals surface area (Å²) < 4.78 is 28.1. The molecule has 0 radical (unpaired) electrons. The van der Waals surface area contributed by atoms with Gasteiger partial charge in [-0.3, -0.25) is 0 Å². The maximum atomic E-state index is 12.7. The van der Waals surface area contributed by atoms with Gasteiger partial charge in [0.15, 0.2) is 0 Å². The highest BCUT2D eigenvalue weighted by molar-refractivity contribution is 7.89. The van der Waals surface area contributed by atoms with Crippen molar-refractivity contribution in [2.75, 3.05) is 0 Å². The molecule has 1 aromatic heterocycles. The number of nitrogens with one attached hydrogen (secondary N) is 1. The molecule has 3 nitrogen and oxygen atoms in total. The van der Waals surface area contributed by atoms with Gasteiger partial charge in [-0.15, -0.1) is 0 Å². The number of thiophene rings is 1. The molecule has 0 aliphatic carbocycles. The van der Waals surface area contributed by atoms with Crippen molar-refractivity contribution in [1.29, 1.82) is 0 Å². The largest absolute Gasteiger partial charge is 0.241 e. The Morgan fingerprint density at radius 1 is 1.00 bits per heavy atom. The summed E-state index contributed by atoms with van der Waals surface area (Å²) in [4.78, 5) is 0.236. The second-order valence-electron chi connectivity index (χ2n) is 5.56. The summed E-state index contributed by atoms with van der Waals surface area (Å²) in [6.07, 6.45) is 0. The lowest BCUT2D eigenvalue weighted by molar-refractivity contribution is 0.576. The van der Waals surface area contributed by atoms with Gasteiger partial charge in [-0.25, -0.2) is 8.42 Å². The molecule has 1 atom stereocenters. The van der Waals surface area contributed by atoms with E-state index in [1.807, 2.05) is 54.1 Å². The third-order valence-electron chi connectivity index (χ3n) is 3.62. The molecule has 0 spiro atoms. The molecule has 0 saturated heterocycles. The van der Waals surface area contributed by atoms with Crippen LogP contribution >= 0.6 is 11.3 Å². The summed E-state index contributed by atoms with van der Waals surface area (Å²) in [5, 5.41) is 3.81. The summed E-state index contributed by atoms with van der Waals surface area (Å²) >= 11 is 1.51. The summed E-state index contributed by atoms with van der Waals surface area (Å²) in [5.74, 6) is 6.09. The van der Waals surface area contributed by atoms with E-state index in [4.69, 9.17) is 0 Å². The highest BCUT2D eigenvalue weighted by atomic mass is 32.2. The zero-order valence-electron chi connectivity index (χ0n) is 13.6. The second kappa shape index (κ2) is 7.66. The minimum Gasteiger partial charge on any atom is -0.207 e.